The molecule has 134 valence electrons. The number of aryl methyl sites for hydroxylation is 2. The molecule has 0 unspecified atom stereocenters. The number of benzene rings is 1. The maximum atomic E-state index is 12.3. The SMILES string of the molecule is Cc1cccc(OCCN2CCN(C(=O)CCc3cccs3)CC2)c1. The van der Waals surface area contributed by atoms with Gasteiger partial charge in [-0.2, -0.15) is 0 Å². The van der Waals surface area contributed by atoms with Gasteiger partial charge in [0.25, 0.3) is 0 Å². The Kier molecular flexibility index (Phi) is 6.48. The number of hydrogen-bond acceptors (Lipinski definition) is 4. The van der Waals surface area contributed by atoms with Crippen LogP contribution in [-0.2, 0) is 11.2 Å². The second-order valence-electron chi connectivity index (χ2n) is 6.47. The predicted octanol–water partition coefficient (Wildman–Crippen LogP) is 3.21. The lowest BCUT2D eigenvalue weighted by atomic mass is 10.2. The third-order valence-corrected chi connectivity index (χ3v) is 5.49. The number of hydrogen-bond donors (Lipinski definition) is 0. The Bertz CT molecular complexity index is 664. The van der Waals surface area contributed by atoms with Gasteiger partial charge < -0.3 is 9.64 Å². The summed E-state index contributed by atoms with van der Waals surface area (Å²) in [4.78, 5) is 18.0. The lowest BCUT2D eigenvalue weighted by molar-refractivity contribution is -0.132. The molecule has 0 aliphatic carbocycles. The van der Waals surface area contributed by atoms with E-state index in [0.29, 0.717) is 13.0 Å². The summed E-state index contributed by atoms with van der Waals surface area (Å²) in [5.41, 5.74) is 1.21. The van der Waals surface area contributed by atoms with Crippen LogP contribution in [0, 0.1) is 6.92 Å². The molecule has 5 heteroatoms. The fourth-order valence-electron chi connectivity index (χ4n) is 3.06. The first-order valence-electron chi connectivity index (χ1n) is 8.93. The first kappa shape index (κ1) is 18.0. The van der Waals surface area contributed by atoms with Crippen molar-refractivity contribution in [3.63, 3.8) is 0 Å². The molecule has 0 N–H and O–H groups in total. The Balaban J connectivity index is 1.33. The van der Waals surface area contributed by atoms with Crippen molar-refractivity contribution in [3.8, 4) is 5.75 Å². The largest absolute Gasteiger partial charge is 0.492 e. The molecule has 1 fully saturated rings. The molecule has 1 aliphatic heterocycles. The van der Waals surface area contributed by atoms with E-state index in [4.69, 9.17) is 4.74 Å². The molecule has 1 aromatic carbocycles. The Morgan fingerprint density at radius 2 is 2.00 bits per heavy atom. The normalized spacial score (nSPS) is 15.3. The summed E-state index contributed by atoms with van der Waals surface area (Å²) in [6.07, 6.45) is 1.48. The van der Waals surface area contributed by atoms with Crippen molar-refractivity contribution in [2.24, 2.45) is 0 Å². The molecule has 1 aliphatic rings. The number of rotatable bonds is 7. The van der Waals surface area contributed by atoms with E-state index in [1.807, 2.05) is 23.1 Å². The molecule has 1 saturated heterocycles. The van der Waals surface area contributed by atoms with Gasteiger partial charge in [0.1, 0.15) is 12.4 Å². The molecule has 1 aromatic heterocycles. The van der Waals surface area contributed by atoms with Crippen LogP contribution >= 0.6 is 11.3 Å². The van der Waals surface area contributed by atoms with Gasteiger partial charge in [-0.3, -0.25) is 9.69 Å². The van der Waals surface area contributed by atoms with Gasteiger partial charge in [-0.25, -0.2) is 0 Å². The molecule has 1 amide bonds. The molecular formula is C20H26N2O2S. The quantitative estimate of drug-likeness (QED) is 0.762. The highest BCUT2D eigenvalue weighted by Gasteiger charge is 2.20. The predicted molar refractivity (Wildman–Crippen MR) is 102 cm³/mol. The van der Waals surface area contributed by atoms with Gasteiger partial charge in [-0.05, 0) is 42.5 Å². The highest BCUT2D eigenvalue weighted by molar-refractivity contribution is 7.09. The van der Waals surface area contributed by atoms with Gasteiger partial charge in [0.2, 0.25) is 5.91 Å². The number of carbonyl (C=O) groups is 1. The van der Waals surface area contributed by atoms with Crippen molar-refractivity contribution in [1.82, 2.24) is 9.80 Å². The van der Waals surface area contributed by atoms with E-state index in [1.54, 1.807) is 11.3 Å². The number of carbonyl (C=O) groups excluding carboxylic acids is 1. The minimum atomic E-state index is 0.282. The minimum Gasteiger partial charge on any atom is -0.492 e. The lowest BCUT2D eigenvalue weighted by Gasteiger charge is -2.34. The lowest BCUT2D eigenvalue weighted by Crippen LogP contribution is -2.49. The van der Waals surface area contributed by atoms with Gasteiger partial charge in [-0.15, -0.1) is 11.3 Å². The van der Waals surface area contributed by atoms with Crippen LogP contribution in [0.15, 0.2) is 41.8 Å². The second-order valence-corrected chi connectivity index (χ2v) is 7.50. The highest BCUT2D eigenvalue weighted by Crippen LogP contribution is 2.14. The Morgan fingerprint density at radius 3 is 2.72 bits per heavy atom. The van der Waals surface area contributed by atoms with Crippen LogP contribution in [0.25, 0.3) is 0 Å². The molecular weight excluding hydrogens is 332 g/mol. The summed E-state index contributed by atoms with van der Waals surface area (Å²) in [6, 6.07) is 12.3. The monoisotopic (exact) mass is 358 g/mol. The summed E-state index contributed by atoms with van der Waals surface area (Å²) in [5, 5.41) is 2.07. The first-order valence-corrected chi connectivity index (χ1v) is 9.80. The molecule has 2 aromatic rings. The van der Waals surface area contributed by atoms with Crippen molar-refractivity contribution >= 4 is 17.2 Å². The number of thiophene rings is 1. The maximum Gasteiger partial charge on any atom is 0.223 e. The summed E-state index contributed by atoms with van der Waals surface area (Å²) in [6.45, 7) is 7.19. The molecule has 25 heavy (non-hydrogen) atoms. The third-order valence-electron chi connectivity index (χ3n) is 4.56. The third kappa shape index (κ3) is 5.58. The molecule has 0 radical (unpaired) electrons. The first-order chi connectivity index (χ1) is 12.2. The van der Waals surface area contributed by atoms with E-state index < -0.39 is 0 Å². The molecule has 0 saturated carbocycles. The van der Waals surface area contributed by atoms with Gasteiger partial charge in [0.05, 0.1) is 0 Å². The maximum absolute atomic E-state index is 12.3. The van der Waals surface area contributed by atoms with Crippen LogP contribution in [0.5, 0.6) is 5.75 Å². The summed E-state index contributed by atoms with van der Waals surface area (Å²) in [7, 11) is 0. The van der Waals surface area contributed by atoms with Crippen LogP contribution in [0.3, 0.4) is 0 Å². The molecule has 0 bridgehead atoms. The highest BCUT2D eigenvalue weighted by atomic mass is 32.1. The number of piperazine rings is 1. The second kappa shape index (κ2) is 9.02. The average molecular weight is 359 g/mol. The van der Waals surface area contributed by atoms with Crippen molar-refractivity contribution < 1.29 is 9.53 Å². The molecule has 2 heterocycles. The molecule has 4 nitrogen and oxygen atoms in total. The van der Waals surface area contributed by atoms with E-state index in [9.17, 15) is 4.79 Å². The van der Waals surface area contributed by atoms with Crippen molar-refractivity contribution in [3.05, 3.63) is 52.2 Å². The van der Waals surface area contributed by atoms with Crippen LogP contribution in [0.1, 0.15) is 16.9 Å². The fraction of sp³-hybridized carbons (Fsp3) is 0.450. The molecule has 3 rings (SSSR count). The van der Waals surface area contributed by atoms with Gasteiger partial charge in [0.15, 0.2) is 0 Å². The minimum absolute atomic E-state index is 0.282. The topological polar surface area (TPSA) is 32.8 Å². The summed E-state index contributed by atoms with van der Waals surface area (Å²) < 4.78 is 5.82. The Hall–Kier alpha value is -1.85. The summed E-state index contributed by atoms with van der Waals surface area (Å²) in [5.74, 6) is 1.21. The molecule has 0 atom stereocenters. The van der Waals surface area contributed by atoms with Crippen LogP contribution < -0.4 is 4.74 Å². The van der Waals surface area contributed by atoms with Crippen LogP contribution in [-0.4, -0.2) is 55.0 Å². The smallest absolute Gasteiger partial charge is 0.223 e. The van der Waals surface area contributed by atoms with Crippen molar-refractivity contribution in [1.29, 1.82) is 0 Å². The van der Waals surface area contributed by atoms with E-state index >= 15 is 0 Å². The van der Waals surface area contributed by atoms with E-state index in [1.165, 1.54) is 10.4 Å². The fourth-order valence-corrected chi connectivity index (χ4v) is 3.77. The van der Waals surface area contributed by atoms with Crippen LogP contribution in [0.2, 0.25) is 0 Å². The number of nitrogens with zero attached hydrogens (tertiary/aromatic N) is 2. The van der Waals surface area contributed by atoms with E-state index in [2.05, 4.69) is 35.4 Å². The van der Waals surface area contributed by atoms with Gasteiger partial charge >= 0.3 is 0 Å². The zero-order valence-corrected chi connectivity index (χ0v) is 15.6. The summed E-state index contributed by atoms with van der Waals surface area (Å²) >= 11 is 1.73. The van der Waals surface area contributed by atoms with Crippen molar-refractivity contribution in [2.45, 2.75) is 19.8 Å². The average Bonchev–Trinajstić information content (AvgIpc) is 3.14. The standard InChI is InChI=1S/C20H26N2O2S/c1-17-4-2-5-18(16-17)24-14-13-21-9-11-22(12-10-21)20(23)8-7-19-6-3-15-25-19/h2-6,15-16H,7-14H2,1H3. The van der Waals surface area contributed by atoms with E-state index in [0.717, 1.165) is 44.9 Å². The van der Waals surface area contributed by atoms with Gasteiger partial charge in [-0.1, -0.05) is 18.2 Å². The Morgan fingerprint density at radius 1 is 1.16 bits per heavy atom. The molecule has 0 spiro atoms. The zero-order chi connectivity index (χ0) is 17.5. The zero-order valence-electron chi connectivity index (χ0n) is 14.8. The Labute approximate surface area is 154 Å². The van der Waals surface area contributed by atoms with Gasteiger partial charge in [0, 0.05) is 44.0 Å². The van der Waals surface area contributed by atoms with Crippen molar-refractivity contribution in [2.75, 3.05) is 39.3 Å². The van der Waals surface area contributed by atoms with E-state index in [-0.39, 0.29) is 5.91 Å². The number of amides is 1. The number of ether oxygens (including phenoxy) is 1. The van der Waals surface area contributed by atoms with Crippen LogP contribution in [0.4, 0.5) is 0 Å².